The molecule has 0 atom stereocenters. The van der Waals surface area contributed by atoms with Crippen molar-refractivity contribution >= 4 is 21.4 Å². The highest BCUT2D eigenvalue weighted by atomic mass is 32.2. The highest BCUT2D eigenvalue weighted by Crippen LogP contribution is 2.25. The van der Waals surface area contributed by atoms with Gasteiger partial charge in [-0.25, -0.2) is 8.42 Å². The van der Waals surface area contributed by atoms with E-state index >= 15 is 0 Å². The summed E-state index contributed by atoms with van der Waals surface area (Å²) in [5, 5.41) is 6.32. The second-order valence-corrected chi connectivity index (χ2v) is 6.14. The van der Waals surface area contributed by atoms with Crippen molar-refractivity contribution in [3.63, 3.8) is 0 Å². The smallest absolute Gasteiger partial charge is 0.265 e. The van der Waals surface area contributed by atoms with Gasteiger partial charge in [-0.1, -0.05) is 6.07 Å². The van der Waals surface area contributed by atoms with Crippen molar-refractivity contribution < 1.29 is 8.42 Å². The monoisotopic (exact) mass is 280 g/mol. The Balaban J connectivity index is 2.42. The number of nitrogens with zero attached hydrogens (tertiary/aromatic N) is 1. The molecule has 2 rings (SSSR count). The van der Waals surface area contributed by atoms with E-state index in [2.05, 4.69) is 14.9 Å². The number of rotatable bonds is 3. The summed E-state index contributed by atoms with van der Waals surface area (Å²) in [5.74, 6) is 0. The van der Waals surface area contributed by atoms with E-state index in [0.29, 0.717) is 17.1 Å². The van der Waals surface area contributed by atoms with Crippen LogP contribution in [-0.4, -0.2) is 18.6 Å². The molecule has 0 saturated heterocycles. The number of aromatic amines is 1. The number of anilines is 2. The summed E-state index contributed by atoms with van der Waals surface area (Å²) in [6.07, 6.45) is 1.28. The molecule has 19 heavy (non-hydrogen) atoms. The Labute approximate surface area is 112 Å². The Bertz CT molecular complexity index is 719. The molecule has 1 heterocycles. The van der Waals surface area contributed by atoms with Crippen LogP contribution in [-0.2, 0) is 10.0 Å². The highest BCUT2D eigenvalue weighted by molar-refractivity contribution is 7.92. The Hall–Kier alpha value is -2.02. The maximum atomic E-state index is 12.2. The van der Waals surface area contributed by atoms with E-state index < -0.39 is 10.0 Å². The highest BCUT2D eigenvalue weighted by Gasteiger charge is 2.19. The topological polar surface area (TPSA) is 101 Å². The molecule has 7 heteroatoms. The lowest BCUT2D eigenvalue weighted by Crippen LogP contribution is -2.14. The van der Waals surface area contributed by atoms with Crippen LogP contribution in [0.5, 0.6) is 0 Å². The molecule has 2 aromatic rings. The quantitative estimate of drug-likeness (QED) is 0.745. The van der Waals surface area contributed by atoms with E-state index in [0.717, 1.165) is 11.1 Å². The van der Waals surface area contributed by atoms with Gasteiger partial charge in [-0.3, -0.25) is 9.82 Å². The van der Waals surface area contributed by atoms with Crippen LogP contribution >= 0.6 is 0 Å². The minimum Gasteiger partial charge on any atom is -0.398 e. The van der Waals surface area contributed by atoms with Crippen molar-refractivity contribution in [1.82, 2.24) is 10.2 Å². The fraction of sp³-hybridized carbons (Fsp3) is 0.250. The number of nitrogens with two attached hydrogens (primary N) is 1. The van der Waals surface area contributed by atoms with Gasteiger partial charge in [-0.15, -0.1) is 0 Å². The summed E-state index contributed by atoms with van der Waals surface area (Å²) in [5.41, 5.74) is 9.05. The van der Waals surface area contributed by atoms with Crippen LogP contribution in [0.1, 0.15) is 16.8 Å². The lowest BCUT2D eigenvalue weighted by Gasteiger charge is -2.12. The van der Waals surface area contributed by atoms with Gasteiger partial charge in [0.2, 0.25) is 0 Å². The van der Waals surface area contributed by atoms with Crippen LogP contribution < -0.4 is 10.5 Å². The van der Waals surface area contributed by atoms with Gasteiger partial charge in [0.25, 0.3) is 10.0 Å². The van der Waals surface area contributed by atoms with Gasteiger partial charge >= 0.3 is 0 Å². The molecule has 0 radical (unpaired) electrons. The fourth-order valence-corrected chi connectivity index (χ4v) is 3.05. The standard InChI is InChI=1S/C12H16N4O2S/c1-7-4-8(2)11(5-10(7)13)16-19(17,18)12-6-14-15-9(12)3/h4-6,16H,13H2,1-3H3,(H,14,15). The van der Waals surface area contributed by atoms with Crippen LogP contribution in [0.15, 0.2) is 23.2 Å². The summed E-state index contributed by atoms with van der Waals surface area (Å²) >= 11 is 0. The molecule has 102 valence electrons. The third-order valence-corrected chi connectivity index (χ3v) is 4.41. The van der Waals surface area contributed by atoms with Crippen LogP contribution in [0, 0.1) is 20.8 Å². The van der Waals surface area contributed by atoms with Crippen LogP contribution in [0.4, 0.5) is 11.4 Å². The van der Waals surface area contributed by atoms with Gasteiger partial charge in [-0.2, -0.15) is 5.10 Å². The van der Waals surface area contributed by atoms with Gasteiger partial charge in [0, 0.05) is 5.69 Å². The molecule has 1 aromatic carbocycles. The molecule has 0 spiro atoms. The second kappa shape index (κ2) is 4.58. The molecule has 0 aliphatic rings. The van der Waals surface area contributed by atoms with Crippen molar-refractivity contribution in [2.45, 2.75) is 25.7 Å². The van der Waals surface area contributed by atoms with E-state index in [1.165, 1.54) is 6.20 Å². The molecule has 0 unspecified atom stereocenters. The molecule has 0 saturated carbocycles. The summed E-state index contributed by atoms with van der Waals surface area (Å²) in [7, 11) is -3.65. The Morgan fingerprint density at radius 3 is 2.47 bits per heavy atom. The first-order chi connectivity index (χ1) is 8.81. The third-order valence-electron chi connectivity index (χ3n) is 2.93. The second-order valence-electron chi connectivity index (χ2n) is 4.49. The Morgan fingerprint density at radius 1 is 1.21 bits per heavy atom. The molecule has 0 aliphatic carbocycles. The predicted octanol–water partition coefficient (Wildman–Crippen LogP) is 1.72. The maximum absolute atomic E-state index is 12.2. The minimum absolute atomic E-state index is 0.131. The number of sulfonamides is 1. The SMILES string of the molecule is Cc1cc(C)c(NS(=O)(=O)c2cn[nH]c2C)cc1N. The lowest BCUT2D eigenvalue weighted by atomic mass is 10.1. The number of nitrogen functional groups attached to an aromatic ring is 1. The molecule has 1 aromatic heterocycles. The first kappa shape index (κ1) is 13.4. The first-order valence-electron chi connectivity index (χ1n) is 5.71. The van der Waals surface area contributed by atoms with Gasteiger partial charge in [0.15, 0.2) is 0 Å². The third kappa shape index (κ3) is 2.55. The Kier molecular flexibility index (Phi) is 3.23. The first-order valence-corrected chi connectivity index (χ1v) is 7.19. The number of hydrogen-bond acceptors (Lipinski definition) is 4. The van der Waals surface area contributed by atoms with Crippen molar-refractivity contribution in [2.75, 3.05) is 10.5 Å². The summed E-state index contributed by atoms with van der Waals surface area (Å²) in [6.45, 7) is 5.35. The van der Waals surface area contributed by atoms with Crippen LogP contribution in [0.3, 0.4) is 0 Å². The Morgan fingerprint density at radius 2 is 1.89 bits per heavy atom. The van der Waals surface area contributed by atoms with E-state index in [9.17, 15) is 8.42 Å². The molecule has 6 nitrogen and oxygen atoms in total. The minimum atomic E-state index is -3.65. The fourth-order valence-electron chi connectivity index (χ4n) is 1.79. The molecule has 0 amide bonds. The number of H-pyrrole nitrogens is 1. The predicted molar refractivity (Wildman–Crippen MR) is 74.5 cm³/mol. The number of hydrogen-bond donors (Lipinski definition) is 3. The van der Waals surface area contributed by atoms with E-state index in [-0.39, 0.29) is 4.90 Å². The van der Waals surface area contributed by atoms with Crippen molar-refractivity contribution in [3.8, 4) is 0 Å². The zero-order valence-electron chi connectivity index (χ0n) is 11.0. The molecular weight excluding hydrogens is 264 g/mol. The number of benzene rings is 1. The zero-order valence-corrected chi connectivity index (χ0v) is 11.8. The number of aromatic nitrogens is 2. The normalized spacial score (nSPS) is 11.5. The van der Waals surface area contributed by atoms with Crippen LogP contribution in [0.25, 0.3) is 0 Å². The summed E-state index contributed by atoms with van der Waals surface area (Å²) in [4.78, 5) is 0.131. The van der Waals surface area contributed by atoms with Crippen molar-refractivity contribution in [1.29, 1.82) is 0 Å². The van der Waals surface area contributed by atoms with Gasteiger partial charge < -0.3 is 5.73 Å². The van der Waals surface area contributed by atoms with Gasteiger partial charge in [0.1, 0.15) is 4.90 Å². The average Bonchev–Trinajstić information content (AvgIpc) is 2.73. The van der Waals surface area contributed by atoms with Gasteiger partial charge in [0.05, 0.1) is 17.6 Å². The van der Waals surface area contributed by atoms with E-state index in [1.807, 2.05) is 19.9 Å². The number of nitrogens with one attached hydrogen (secondary N) is 2. The average molecular weight is 280 g/mol. The molecule has 0 aliphatic heterocycles. The van der Waals surface area contributed by atoms with E-state index in [4.69, 9.17) is 5.73 Å². The molecule has 4 N–H and O–H groups in total. The molecular formula is C12H16N4O2S. The summed E-state index contributed by atoms with van der Waals surface area (Å²) in [6, 6.07) is 3.47. The molecule has 0 fully saturated rings. The molecule has 0 bridgehead atoms. The van der Waals surface area contributed by atoms with Gasteiger partial charge in [-0.05, 0) is 38.0 Å². The van der Waals surface area contributed by atoms with Crippen molar-refractivity contribution in [3.05, 3.63) is 35.2 Å². The number of aryl methyl sites for hydroxylation is 3. The van der Waals surface area contributed by atoms with Crippen molar-refractivity contribution in [2.24, 2.45) is 0 Å². The largest absolute Gasteiger partial charge is 0.398 e. The summed E-state index contributed by atoms with van der Waals surface area (Å²) < 4.78 is 27.0. The maximum Gasteiger partial charge on any atom is 0.265 e. The lowest BCUT2D eigenvalue weighted by molar-refractivity contribution is 0.600. The van der Waals surface area contributed by atoms with E-state index in [1.54, 1.807) is 13.0 Å². The zero-order chi connectivity index (χ0) is 14.2. The van der Waals surface area contributed by atoms with Crippen LogP contribution in [0.2, 0.25) is 0 Å².